The van der Waals surface area contributed by atoms with Gasteiger partial charge < -0.3 is 0 Å². The molecule has 88 valence electrons. The van der Waals surface area contributed by atoms with E-state index in [1.807, 2.05) is 0 Å². The average Bonchev–Trinajstić information content (AvgIpc) is 2.71. The molecule has 17 heavy (non-hydrogen) atoms. The molecule has 1 aromatic carbocycles. The lowest BCUT2D eigenvalue weighted by Gasteiger charge is -2.24. The standard InChI is InChI=1S/C16H19N/c1-16(2,3)15-11-7-4-5-9-13(11)17-14-10-6-8-12(14)15/h4-5,7,9H,6,8,10H2,1-3H3. The highest BCUT2D eigenvalue weighted by Gasteiger charge is 2.26. The summed E-state index contributed by atoms with van der Waals surface area (Å²) in [7, 11) is 0. The van der Waals surface area contributed by atoms with Crippen molar-refractivity contribution < 1.29 is 0 Å². The third kappa shape index (κ3) is 1.65. The number of fused-ring (bicyclic) bond motifs is 2. The Morgan fingerprint density at radius 3 is 2.59 bits per heavy atom. The third-order valence-corrected chi connectivity index (χ3v) is 3.67. The second kappa shape index (κ2) is 3.56. The molecule has 0 N–H and O–H groups in total. The molecule has 0 unspecified atom stereocenters. The summed E-state index contributed by atoms with van der Waals surface area (Å²) < 4.78 is 0. The molecule has 2 aromatic rings. The van der Waals surface area contributed by atoms with Gasteiger partial charge in [-0.05, 0) is 41.9 Å². The van der Waals surface area contributed by atoms with Crippen molar-refractivity contribution in [1.82, 2.24) is 4.98 Å². The minimum absolute atomic E-state index is 0.205. The van der Waals surface area contributed by atoms with Gasteiger partial charge in [-0.2, -0.15) is 0 Å². The first-order chi connectivity index (χ1) is 8.07. The van der Waals surface area contributed by atoms with E-state index >= 15 is 0 Å². The van der Waals surface area contributed by atoms with Crippen LogP contribution in [0.1, 0.15) is 44.0 Å². The molecular formula is C16H19N. The van der Waals surface area contributed by atoms with E-state index in [1.54, 1.807) is 0 Å². The van der Waals surface area contributed by atoms with Gasteiger partial charge in [0.1, 0.15) is 0 Å². The zero-order valence-electron chi connectivity index (χ0n) is 10.9. The molecule has 0 amide bonds. The van der Waals surface area contributed by atoms with Gasteiger partial charge in [-0.25, -0.2) is 0 Å². The average molecular weight is 225 g/mol. The van der Waals surface area contributed by atoms with Crippen LogP contribution in [0.2, 0.25) is 0 Å². The number of nitrogens with zero attached hydrogens (tertiary/aromatic N) is 1. The summed E-state index contributed by atoms with van der Waals surface area (Å²) in [4.78, 5) is 4.83. The molecule has 1 aromatic heterocycles. The van der Waals surface area contributed by atoms with Crippen LogP contribution < -0.4 is 0 Å². The predicted molar refractivity (Wildman–Crippen MR) is 72.5 cm³/mol. The number of rotatable bonds is 0. The van der Waals surface area contributed by atoms with Gasteiger partial charge in [-0.15, -0.1) is 0 Å². The highest BCUT2D eigenvalue weighted by Crippen LogP contribution is 2.37. The van der Waals surface area contributed by atoms with Gasteiger partial charge in [0.25, 0.3) is 0 Å². The Bertz CT molecular complexity index is 576. The zero-order valence-corrected chi connectivity index (χ0v) is 10.9. The Kier molecular flexibility index (Phi) is 2.25. The number of hydrogen-bond donors (Lipinski definition) is 0. The summed E-state index contributed by atoms with van der Waals surface area (Å²) in [5, 5.41) is 1.35. The van der Waals surface area contributed by atoms with Crippen molar-refractivity contribution in [1.29, 1.82) is 0 Å². The largest absolute Gasteiger partial charge is 0.253 e. The van der Waals surface area contributed by atoms with Crippen LogP contribution in [0.25, 0.3) is 10.9 Å². The number of para-hydroxylation sites is 1. The van der Waals surface area contributed by atoms with E-state index < -0.39 is 0 Å². The van der Waals surface area contributed by atoms with Crippen LogP contribution in [0.5, 0.6) is 0 Å². The minimum Gasteiger partial charge on any atom is -0.253 e. The van der Waals surface area contributed by atoms with Gasteiger partial charge in [-0.3, -0.25) is 4.98 Å². The normalized spacial score (nSPS) is 15.2. The van der Waals surface area contributed by atoms with E-state index in [0.717, 1.165) is 11.9 Å². The van der Waals surface area contributed by atoms with Crippen molar-refractivity contribution in [3.05, 3.63) is 41.1 Å². The SMILES string of the molecule is CC(C)(C)c1c2c(nc3ccccc13)CCC2. The van der Waals surface area contributed by atoms with E-state index in [0.29, 0.717) is 0 Å². The molecule has 0 aliphatic heterocycles. The highest BCUT2D eigenvalue weighted by molar-refractivity contribution is 5.85. The van der Waals surface area contributed by atoms with Gasteiger partial charge in [0, 0.05) is 11.1 Å². The summed E-state index contributed by atoms with van der Waals surface area (Å²) in [5.74, 6) is 0. The Balaban J connectivity index is 2.43. The number of benzene rings is 1. The van der Waals surface area contributed by atoms with Crippen LogP contribution in [0.15, 0.2) is 24.3 Å². The van der Waals surface area contributed by atoms with E-state index in [1.165, 1.54) is 35.0 Å². The fourth-order valence-electron chi connectivity index (χ4n) is 3.07. The van der Waals surface area contributed by atoms with Gasteiger partial charge >= 0.3 is 0 Å². The van der Waals surface area contributed by atoms with Crippen LogP contribution in [-0.4, -0.2) is 4.98 Å². The lowest BCUT2D eigenvalue weighted by atomic mass is 9.81. The summed E-state index contributed by atoms with van der Waals surface area (Å²) in [6.07, 6.45) is 3.63. The molecule has 0 bridgehead atoms. The van der Waals surface area contributed by atoms with E-state index in [-0.39, 0.29) is 5.41 Å². The van der Waals surface area contributed by atoms with Crippen LogP contribution in [0.3, 0.4) is 0 Å². The van der Waals surface area contributed by atoms with Gasteiger partial charge in [0.15, 0.2) is 0 Å². The second-order valence-electron chi connectivity index (χ2n) is 6.03. The maximum atomic E-state index is 4.83. The molecule has 0 radical (unpaired) electrons. The van der Waals surface area contributed by atoms with Crippen LogP contribution in [0.4, 0.5) is 0 Å². The Labute approximate surface area is 103 Å². The van der Waals surface area contributed by atoms with Gasteiger partial charge in [0.2, 0.25) is 0 Å². The fourth-order valence-corrected chi connectivity index (χ4v) is 3.07. The summed E-state index contributed by atoms with van der Waals surface area (Å²) in [6, 6.07) is 8.58. The Morgan fingerprint density at radius 1 is 1.06 bits per heavy atom. The van der Waals surface area contributed by atoms with Crippen molar-refractivity contribution in [3.8, 4) is 0 Å². The number of aryl methyl sites for hydroxylation is 1. The second-order valence-corrected chi connectivity index (χ2v) is 6.03. The monoisotopic (exact) mass is 225 g/mol. The van der Waals surface area contributed by atoms with Gasteiger partial charge in [0.05, 0.1) is 5.52 Å². The summed E-state index contributed by atoms with van der Waals surface area (Å²) >= 11 is 0. The maximum Gasteiger partial charge on any atom is 0.0708 e. The van der Waals surface area contributed by atoms with Crippen molar-refractivity contribution in [3.63, 3.8) is 0 Å². The number of hydrogen-bond acceptors (Lipinski definition) is 1. The Hall–Kier alpha value is -1.37. The molecule has 1 nitrogen and oxygen atoms in total. The molecule has 1 heteroatoms. The summed E-state index contributed by atoms with van der Waals surface area (Å²) in [6.45, 7) is 6.94. The summed E-state index contributed by atoms with van der Waals surface area (Å²) in [5.41, 5.74) is 5.76. The topological polar surface area (TPSA) is 12.9 Å². The first kappa shape index (κ1) is 10.8. The zero-order chi connectivity index (χ0) is 12.0. The fraction of sp³-hybridized carbons (Fsp3) is 0.438. The molecular weight excluding hydrogens is 206 g/mol. The molecule has 0 saturated heterocycles. The van der Waals surface area contributed by atoms with Crippen molar-refractivity contribution in [2.45, 2.75) is 45.4 Å². The molecule has 1 aliphatic rings. The number of pyridine rings is 1. The molecule has 0 fully saturated rings. The molecule has 3 rings (SSSR count). The molecule has 0 saturated carbocycles. The lowest BCUT2D eigenvalue weighted by molar-refractivity contribution is 0.588. The smallest absolute Gasteiger partial charge is 0.0708 e. The van der Waals surface area contributed by atoms with Gasteiger partial charge in [-0.1, -0.05) is 39.0 Å². The first-order valence-corrected chi connectivity index (χ1v) is 6.48. The van der Waals surface area contributed by atoms with Crippen molar-refractivity contribution >= 4 is 10.9 Å². The molecule has 0 atom stereocenters. The quantitative estimate of drug-likeness (QED) is 0.660. The highest BCUT2D eigenvalue weighted by atomic mass is 14.7. The van der Waals surface area contributed by atoms with Crippen LogP contribution in [0, 0.1) is 0 Å². The minimum atomic E-state index is 0.205. The lowest BCUT2D eigenvalue weighted by Crippen LogP contribution is -2.15. The maximum absolute atomic E-state index is 4.83. The third-order valence-electron chi connectivity index (χ3n) is 3.67. The van der Waals surface area contributed by atoms with Crippen molar-refractivity contribution in [2.75, 3.05) is 0 Å². The van der Waals surface area contributed by atoms with Crippen molar-refractivity contribution in [2.24, 2.45) is 0 Å². The van der Waals surface area contributed by atoms with Crippen LogP contribution >= 0.6 is 0 Å². The predicted octanol–water partition coefficient (Wildman–Crippen LogP) is 4.02. The molecule has 1 heterocycles. The molecule has 0 spiro atoms. The van der Waals surface area contributed by atoms with E-state index in [4.69, 9.17) is 4.98 Å². The van der Waals surface area contributed by atoms with E-state index in [2.05, 4.69) is 45.0 Å². The number of aromatic nitrogens is 1. The molecule has 1 aliphatic carbocycles. The van der Waals surface area contributed by atoms with Crippen LogP contribution in [-0.2, 0) is 18.3 Å². The van der Waals surface area contributed by atoms with E-state index in [9.17, 15) is 0 Å². The Morgan fingerprint density at radius 2 is 1.82 bits per heavy atom. The first-order valence-electron chi connectivity index (χ1n) is 6.48.